The first-order chi connectivity index (χ1) is 10.5. The van der Waals surface area contributed by atoms with Crippen LogP contribution in [0.3, 0.4) is 0 Å². The molecule has 2 aromatic carbocycles. The van der Waals surface area contributed by atoms with E-state index < -0.39 is 9.84 Å². The van der Waals surface area contributed by atoms with Gasteiger partial charge >= 0.3 is 0 Å². The van der Waals surface area contributed by atoms with Gasteiger partial charge in [0, 0.05) is 5.92 Å². The van der Waals surface area contributed by atoms with E-state index in [1.807, 2.05) is 18.2 Å². The lowest BCUT2D eigenvalue weighted by molar-refractivity contribution is 0.590. The highest BCUT2D eigenvalue weighted by Crippen LogP contribution is 2.37. The van der Waals surface area contributed by atoms with Gasteiger partial charge in [0.1, 0.15) is 0 Å². The van der Waals surface area contributed by atoms with Crippen molar-refractivity contribution < 1.29 is 8.42 Å². The summed E-state index contributed by atoms with van der Waals surface area (Å²) in [7, 11) is -3.29. The number of allylic oxidation sites excluding steroid dienone is 2. The van der Waals surface area contributed by atoms with Crippen LogP contribution in [0.2, 0.25) is 0 Å². The molecule has 0 fully saturated rings. The summed E-state index contributed by atoms with van der Waals surface area (Å²) >= 11 is 0. The van der Waals surface area contributed by atoms with E-state index in [2.05, 4.69) is 26.0 Å². The minimum Gasteiger partial charge on any atom is -0.224 e. The van der Waals surface area contributed by atoms with Crippen molar-refractivity contribution in [2.24, 2.45) is 0 Å². The van der Waals surface area contributed by atoms with Crippen LogP contribution >= 0.6 is 0 Å². The number of hydrogen-bond donors (Lipinski definition) is 0. The van der Waals surface area contributed by atoms with Gasteiger partial charge in [-0.25, -0.2) is 8.42 Å². The maximum absolute atomic E-state index is 12.7. The Hall–Kier alpha value is -1.87. The molecule has 0 heterocycles. The average Bonchev–Trinajstić information content (AvgIpc) is 2.52. The summed E-state index contributed by atoms with van der Waals surface area (Å²) in [6.07, 6.45) is 0.921. The van der Waals surface area contributed by atoms with Crippen LogP contribution < -0.4 is 0 Å². The SMILES string of the molecule is CC1=C(C)C(CS(=O)(=O)c2ccccc2)c2ccccc2C1. The number of sulfone groups is 1. The Balaban J connectivity index is 2.02. The molecule has 2 nitrogen and oxygen atoms in total. The fourth-order valence-electron chi connectivity index (χ4n) is 3.15. The number of benzene rings is 2. The monoisotopic (exact) mass is 312 g/mol. The van der Waals surface area contributed by atoms with Crippen LogP contribution in [-0.2, 0) is 16.3 Å². The van der Waals surface area contributed by atoms with E-state index in [0.29, 0.717) is 4.90 Å². The van der Waals surface area contributed by atoms with Crippen molar-refractivity contribution in [2.75, 3.05) is 5.75 Å². The second kappa shape index (κ2) is 5.73. The molecule has 3 rings (SSSR count). The molecule has 0 N–H and O–H groups in total. The molecular formula is C19H20O2S. The summed E-state index contributed by atoms with van der Waals surface area (Å²) in [4.78, 5) is 0.406. The molecule has 0 spiro atoms. The van der Waals surface area contributed by atoms with E-state index in [4.69, 9.17) is 0 Å². The fraction of sp³-hybridized carbons (Fsp3) is 0.263. The molecule has 0 aliphatic heterocycles. The number of hydrogen-bond acceptors (Lipinski definition) is 2. The van der Waals surface area contributed by atoms with Crippen molar-refractivity contribution in [3.8, 4) is 0 Å². The van der Waals surface area contributed by atoms with Crippen molar-refractivity contribution in [3.05, 3.63) is 76.9 Å². The van der Waals surface area contributed by atoms with Gasteiger partial charge in [-0.05, 0) is 43.5 Å². The topological polar surface area (TPSA) is 34.1 Å². The van der Waals surface area contributed by atoms with E-state index in [1.165, 1.54) is 16.7 Å². The molecule has 0 bridgehead atoms. The van der Waals surface area contributed by atoms with Gasteiger partial charge in [0.2, 0.25) is 0 Å². The molecule has 2 aromatic rings. The average molecular weight is 312 g/mol. The van der Waals surface area contributed by atoms with Gasteiger partial charge in [-0.2, -0.15) is 0 Å². The van der Waals surface area contributed by atoms with Crippen LogP contribution in [0.5, 0.6) is 0 Å². The Morgan fingerprint density at radius 3 is 2.32 bits per heavy atom. The highest BCUT2D eigenvalue weighted by molar-refractivity contribution is 7.91. The quantitative estimate of drug-likeness (QED) is 0.798. The summed E-state index contributed by atoms with van der Waals surface area (Å²) < 4.78 is 25.5. The van der Waals surface area contributed by atoms with Crippen LogP contribution in [0, 0.1) is 0 Å². The van der Waals surface area contributed by atoms with E-state index in [9.17, 15) is 8.42 Å². The molecule has 22 heavy (non-hydrogen) atoms. The summed E-state index contributed by atoms with van der Waals surface area (Å²) in [5.41, 5.74) is 4.88. The van der Waals surface area contributed by atoms with Crippen LogP contribution in [-0.4, -0.2) is 14.2 Å². The maximum atomic E-state index is 12.7. The van der Waals surface area contributed by atoms with E-state index in [1.54, 1.807) is 24.3 Å². The number of fused-ring (bicyclic) bond motifs is 1. The van der Waals surface area contributed by atoms with Gasteiger partial charge in [-0.1, -0.05) is 53.6 Å². The van der Waals surface area contributed by atoms with Crippen LogP contribution in [0.25, 0.3) is 0 Å². The second-order valence-electron chi connectivity index (χ2n) is 5.99. The standard InChI is InChI=1S/C19H20O2S/c1-14-12-16-8-6-7-11-18(16)19(15(14)2)13-22(20,21)17-9-4-3-5-10-17/h3-11,19H,12-13H2,1-2H3. The second-order valence-corrected chi connectivity index (χ2v) is 8.02. The van der Waals surface area contributed by atoms with Gasteiger partial charge in [-0.3, -0.25) is 0 Å². The summed E-state index contributed by atoms with van der Waals surface area (Å²) in [6.45, 7) is 4.17. The first-order valence-corrected chi connectivity index (χ1v) is 9.16. The van der Waals surface area contributed by atoms with Gasteiger partial charge in [0.05, 0.1) is 10.6 Å². The minimum atomic E-state index is -3.29. The Kier molecular flexibility index (Phi) is 3.92. The molecule has 0 saturated heterocycles. The molecule has 0 amide bonds. The van der Waals surface area contributed by atoms with Gasteiger partial charge in [0.15, 0.2) is 9.84 Å². The Bertz CT molecular complexity index is 818. The van der Waals surface area contributed by atoms with E-state index >= 15 is 0 Å². The summed E-state index contributed by atoms with van der Waals surface area (Å²) in [6, 6.07) is 16.9. The third-order valence-electron chi connectivity index (χ3n) is 4.57. The normalized spacial score (nSPS) is 18.2. The molecule has 1 aliphatic rings. The van der Waals surface area contributed by atoms with Crippen molar-refractivity contribution in [1.29, 1.82) is 0 Å². The smallest absolute Gasteiger partial charge is 0.179 e. The Labute approximate surface area is 132 Å². The highest BCUT2D eigenvalue weighted by atomic mass is 32.2. The van der Waals surface area contributed by atoms with Crippen LogP contribution in [0.1, 0.15) is 30.9 Å². The lowest BCUT2D eigenvalue weighted by Gasteiger charge is -2.28. The van der Waals surface area contributed by atoms with Crippen molar-refractivity contribution in [1.82, 2.24) is 0 Å². The third kappa shape index (κ3) is 2.73. The summed E-state index contributed by atoms with van der Waals surface area (Å²) in [5, 5.41) is 0. The molecule has 114 valence electrons. The Morgan fingerprint density at radius 2 is 1.59 bits per heavy atom. The maximum Gasteiger partial charge on any atom is 0.179 e. The number of rotatable bonds is 3. The third-order valence-corrected chi connectivity index (χ3v) is 6.33. The molecule has 0 aromatic heterocycles. The molecular weight excluding hydrogens is 292 g/mol. The Morgan fingerprint density at radius 1 is 0.955 bits per heavy atom. The lowest BCUT2D eigenvalue weighted by atomic mass is 9.80. The zero-order valence-electron chi connectivity index (χ0n) is 12.9. The zero-order valence-corrected chi connectivity index (χ0v) is 13.7. The first kappa shape index (κ1) is 15.0. The predicted molar refractivity (Wildman–Crippen MR) is 89.8 cm³/mol. The fourth-order valence-corrected chi connectivity index (χ4v) is 4.78. The molecule has 1 unspecified atom stereocenters. The predicted octanol–water partition coefficient (Wildman–Crippen LogP) is 4.14. The van der Waals surface area contributed by atoms with Crippen molar-refractivity contribution >= 4 is 9.84 Å². The largest absolute Gasteiger partial charge is 0.224 e. The highest BCUT2D eigenvalue weighted by Gasteiger charge is 2.28. The van der Waals surface area contributed by atoms with Crippen LogP contribution in [0.15, 0.2) is 70.6 Å². The molecule has 0 saturated carbocycles. The van der Waals surface area contributed by atoms with Gasteiger partial charge in [0.25, 0.3) is 0 Å². The van der Waals surface area contributed by atoms with Crippen molar-refractivity contribution in [3.63, 3.8) is 0 Å². The molecule has 3 heteroatoms. The first-order valence-electron chi connectivity index (χ1n) is 7.51. The van der Waals surface area contributed by atoms with Crippen LogP contribution in [0.4, 0.5) is 0 Å². The van der Waals surface area contributed by atoms with Gasteiger partial charge < -0.3 is 0 Å². The molecule has 1 aliphatic carbocycles. The summed E-state index contributed by atoms with van der Waals surface area (Å²) in [5.74, 6) is 0.0900. The van der Waals surface area contributed by atoms with Crippen molar-refractivity contribution in [2.45, 2.75) is 31.1 Å². The van der Waals surface area contributed by atoms with Gasteiger partial charge in [-0.15, -0.1) is 0 Å². The zero-order chi connectivity index (χ0) is 15.7. The molecule has 0 radical (unpaired) electrons. The van der Waals surface area contributed by atoms with E-state index in [-0.39, 0.29) is 11.7 Å². The lowest BCUT2D eigenvalue weighted by Crippen LogP contribution is -2.21. The molecule has 1 atom stereocenters. The van der Waals surface area contributed by atoms with E-state index in [0.717, 1.165) is 12.0 Å². The minimum absolute atomic E-state index is 0.0462.